The summed E-state index contributed by atoms with van der Waals surface area (Å²) in [6.45, 7) is 3.60. The summed E-state index contributed by atoms with van der Waals surface area (Å²) in [6.07, 6.45) is 5.05. The Bertz CT molecular complexity index is 780. The number of rotatable bonds is 5. The zero-order valence-corrected chi connectivity index (χ0v) is 17.6. The summed E-state index contributed by atoms with van der Waals surface area (Å²) in [6, 6.07) is 18.7. The molecule has 0 aromatic heterocycles. The first-order valence-electron chi connectivity index (χ1n) is 10.6. The lowest BCUT2D eigenvalue weighted by molar-refractivity contribution is -0.135. The topological polar surface area (TPSA) is 32.8 Å². The molecule has 0 N–H and O–H groups in total. The molecular weight excluding hydrogens is 384 g/mol. The molecule has 0 radical (unpaired) electrons. The average molecular weight is 413 g/mol. The second-order valence-corrected chi connectivity index (χ2v) is 8.51. The molecule has 0 bridgehead atoms. The van der Waals surface area contributed by atoms with Crippen LogP contribution in [0.1, 0.15) is 37.2 Å². The molecule has 29 heavy (non-hydrogen) atoms. The Morgan fingerprint density at radius 1 is 0.897 bits per heavy atom. The molecule has 1 amide bonds. The summed E-state index contributed by atoms with van der Waals surface area (Å²) in [4.78, 5) is 17.0. The van der Waals surface area contributed by atoms with Crippen molar-refractivity contribution in [3.8, 4) is 5.75 Å². The van der Waals surface area contributed by atoms with E-state index in [-0.39, 0.29) is 12.5 Å². The lowest BCUT2D eigenvalue weighted by atomic mass is 9.81. The predicted molar refractivity (Wildman–Crippen MR) is 117 cm³/mol. The van der Waals surface area contributed by atoms with Crippen LogP contribution in [0.4, 0.5) is 0 Å². The van der Waals surface area contributed by atoms with Crippen molar-refractivity contribution in [3.63, 3.8) is 0 Å². The lowest BCUT2D eigenvalue weighted by Crippen LogP contribution is -2.53. The summed E-state index contributed by atoms with van der Waals surface area (Å²) in [5, 5.41) is 0.664. The molecule has 1 saturated heterocycles. The van der Waals surface area contributed by atoms with E-state index in [2.05, 4.69) is 35.2 Å². The molecule has 2 aliphatic rings. The molecule has 2 aromatic carbocycles. The molecule has 0 spiro atoms. The van der Waals surface area contributed by atoms with Crippen LogP contribution in [0.3, 0.4) is 0 Å². The van der Waals surface area contributed by atoms with Crippen molar-refractivity contribution in [2.45, 2.75) is 37.6 Å². The number of benzene rings is 2. The molecular formula is C24H29ClN2O2. The minimum atomic E-state index is 0.0624. The normalized spacial score (nSPS) is 23.0. The van der Waals surface area contributed by atoms with Crippen molar-refractivity contribution < 1.29 is 9.53 Å². The average Bonchev–Trinajstić information content (AvgIpc) is 2.79. The Labute approximate surface area is 178 Å². The van der Waals surface area contributed by atoms with Gasteiger partial charge in [0.25, 0.3) is 5.91 Å². The fourth-order valence-corrected chi connectivity index (χ4v) is 4.73. The maximum Gasteiger partial charge on any atom is 0.260 e. The zero-order chi connectivity index (χ0) is 20.1. The van der Waals surface area contributed by atoms with Gasteiger partial charge < -0.3 is 9.64 Å². The van der Waals surface area contributed by atoms with Crippen LogP contribution in [0.25, 0.3) is 0 Å². The quantitative estimate of drug-likeness (QED) is 0.720. The van der Waals surface area contributed by atoms with Gasteiger partial charge in [0.2, 0.25) is 0 Å². The smallest absolute Gasteiger partial charge is 0.260 e. The third-order valence-electron chi connectivity index (χ3n) is 6.33. The first-order chi connectivity index (χ1) is 14.2. The Morgan fingerprint density at radius 2 is 1.55 bits per heavy atom. The van der Waals surface area contributed by atoms with Gasteiger partial charge in [-0.15, -0.1) is 0 Å². The molecule has 1 aliphatic heterocycles. The van der Waals surface area contributed by atoms with Gasteiger partial charge in [-0.3, -0.25) is 9.69 Å². The second-order valence-electron chi connectivity index (χ2n) is 8.08. The lowest BCUT2D eigenvalue weighted by Gasteiger charge is -2.42. The van der Waals surface area contributed by atoms with Crippen molar-refractivity contribution in [2.24, 2.45) is 0 Å². The molecule has 1 saturated carbocycles. The molecule has 4 rings (SSSR count). The SMILES string of the molecule is O=C(COc1ccc(Cl)cc1)N1CCN(C2CCC(c3ccccc3)CC2)CC1. The molecule has 0 atom stereocenters. The van der Waals surface area contributed by atoms with E-state index in [0.29, 0.717) is 22.7 Å². The van der Waals surface area contributed by atoms with E-state index in [1.54, 1.807) is 24.3 Å². The van der Waals surface area contributed by atoms with Gasteiger partial charge in [-0.2, -0.15) is 0 Å². The monoisotopic (exact) mass is 412 g/mol. The van der Waals surface area contributed by atoms with Crippen molar-refractivity contribution in [3.05, 3.63) is 65.2 Å². The second kappa shape index (κ2) is 9.64. The fourth-order valence-electron chi connectivity index (χ4n) is 4.60. The first kappa shape index (κ1) is 20.2. The van der Waals surface area contributed by atoms with Gasteiger partial charge in [0.15, 0.2) is 6.61 Å². The maximum absolute atomic E-state index is 12.5. The van der Waals surface area contributed by atoms with Crippen molar-refractivity contribution >= 4 is 17.5 Å². The van der Waals surface area contributed by atoms with E-state index < -0.39 is 0 Å². The Kier molecular flexibility index (Phi) is 6.73. The fraction of sp³-hybridized carbons (Fsp3) is 0.458. The first-order valence-corrected chi connectivity index (χ1v) is 11.0. The van der Waals surface area contributed by atoms with Gasteiger partial charge in [-0.05, 0) is 61.4 Å². The van der Waals surface area contributed by atoms with Crippen LogP contribution < -0.4 is 4.74 Å². The van der Waals surface area contributed by atoms with Gasteiger partial charge in [-0.25, -0.2) is 0 Å². The Hall–Kier alpha value is -2.04. The largest absolute Gasteiger partial charge is 0.484 e. The van der Waals surface area contributed by atoms with Gasteiger partial charge in [0.1, 0.15) is 5.75 Å². The molecule has 5 heteroatoms. The van der Waals surface area contributed by atoms with Crippen LogP contribution in [0.15, 0.2) is 54.6 Å². The highest BCUT2D eigenvalue weighted by atomic mass is 35.5. The predicted octanol–water partition coefficient (Wildman–Crippen LogP) is 4.59. The summed E-state index contributed by atoms with van der Waals surface area (Å²) in [5.74, 6) is 1.45. The van der Waals surface area contributed by atoms with Gasteiger partial charge in [-0.1, -0.05) is 41.9 Å². The molecule has 1 aliphatic carbocycles. The van der Waals surface area contributed by atoms with Crippen LogP contribution in [0, 0.1) is 0 Å². The van der Waals surface area contributed by atoms with Crippen LogP contribution >= 0.6 is 11.6 Å². The molecule has 4 nitrogen and oxygen atoms in total. The van der Waals surface area contributed by atoms with Crippen LogP contribution in [-0.2, 0) is 4.79 Å². The highest BCUT2D eigenvalue weighted by molar-refractivity contribution is 6.30. The number of amides is 1. The Balaban J connectivity index is 1.19. The van der Waals surface area contributed by atoms with Crippen molar-refractivity contribution in [1.82, 2.24) is 9.80 Å². The number of carbonyl (C=O) groups is 1. The third kappa shape index (κ3) is 5.31. The molecule has 2 fully saturated rings. The number of nitrogens with zero attached hydrogens (tertiary/aromatic N) is 2. The highest BCUT2D eigenvalue weighted by Crippen LogP contribution is 2.34. The zero-order valence-electron chi connectivity index (χ0n) is 16.8. The summed E-state index contributed by atoms with van der Waals surface area (Å²) >= 11 is 5.88. The van der Waals surface area contributed by atoms with E-state index in [9.17, 15) is 4.79 Å². The minimum Gasteiger partial charge on any atom is -0.484 e. The standard InChI is InChI=1S/C24H29ClN2O2/c25-21-8-12-23(13-9-21)29-18-24(28)27-16-14-26(15-17-27)22-10-6-20(7-11-22)19-4-2-1-3-5-19/h1-5,8-9,12-13,20,22H,6-7,10-11,14-18H2. The van der Waals surface area contributed by atoms with Gasteiger partial charge in [0, 0.05) is 37.2 Å². The molecule has 0 unspecified atom stereocenters. The van der Waals surface area contributed by atoms with Gasteiger partial charge in [0.05, 0.1) is 0 Å². The third-order valence-corrected chi connectivity index (χ3v) is 6.58. The van der Waals surface area contributed by atoms with Crippen LogP contribution in [-0.4, -0.2) is 54.5 Å². The summed E-state index contributed by atoms with van der Waals surface area (Å²) in [5.41, 5.74) is 1.49. The number of carbonyl (C=O) groups excluding carboxylic acids is 1. The highest BCUT2D eigenvalue weighted by Gasteiger charge is 2.30. The van der Waals surface area contributed by atoms with E-state index in [0.717, 1.165) is 26.2 Å². The van der Waals surface area contributed by atoms with E-state index in [4.69, 9.17) is 16.3 Å². The van der Waals surface area contributed by atoms with Crippen molar-refractivity contribution in [1.29, 1.82) is 0 Å². The number of hydrogen-bond acceptors (Lipinski definition) is 3. The van der Waals surface area contributed by atoms with Crippen LogP contribution in [0.2, 0.25) is 5.02 Å². The number of ether oxygens (including phenoxy) is 1. The number of hydrogen-bond donors (Lipinski definition) is 0. The van der Waals surface area contributed by atoms with Crippen LogP contribution in [0.5, 0.6) is 5.75 Å². The summed E-state index contributed by atoms with van der Waals surface area (Å²) in [7, 11) is 0. The van der Waals surface area contributed by atoms with E-state index in [1.165, 1.54) is 31.2 Å². The van der Waals surface area contributed by atoms with Gasteiger partial charge >= 0.3 is 0 Å². The summed E-state index contributed by atoms with van der Waals surface area (Å²) < 4.78 is 5.61. The molecule has 2 aromatic rings. The van der Waals surface area contributed by atoms with E-state index >= 15 is 0 Å². The minimum absolute atomic E-state index is 0.0624. The van der Waals surface area contributed by atoms with E-state index in [1.807, 2.05) is 4.90 Å². The Morgan fingerprint density at radius 3 is 2.21 bits per heavy atom. The molecule has 154 valence electrons. The van der Waals surface area contributed by atoms with Crippen molar-refractivity contribution in [2.75, 3.05) is 32.8 Å². The molecule has 1 heterocycles. The number of piperazine rings is 1. The maximum atomic E-state index is 12.5. The number of halogens is 1.